The third-order valence-corrected chi connectivity index (χ3v) is 3.67. The number of thiazole rings is 1. The van der Waals surface area contributed by atoms with Gasteiger partial charge in [-0.2, -0.15) is 0 Å². The van der Waals surface area contributed by atoms with Crippen molar-refractivity contribution in [2.45, 2.75) is 12.8 Å². The Morgan fingerprint density at radius 1 is 1.44 bits per heavy atom. The fourth-order valence-corrected chi connectivity index (χ4v) is 2.44. The van der Waals surface area contributed by atoms with Gasteiger partial charge in [-0.25, -0.2) is 4.98 Å². The number of aliphatic carboxylic acids is 1. The second-order valence-electron chi connectivity index (χ2n) is 3.83. The number of aromatic nitrogens is 1. The van der Waals surface area contributed by atoms with Gasteiger partial charge in [0, 0.05) is 10.9 Å². The molecule has 94 valence electrons. The largest absolute Gasteiger partial charge is 0.496 e. The monoisotopic (exact) mass is 263 g/mol. The predicted molar refractivity (Wildman–Crippen MR) is 70.2 cm³/mol. The zero-order valence-corrected chi connectivity index (χ0v) is 10.9. The zero-order chi connectivity index (χ0) is 13.1. The third kappa shape index (κ3) is 2.36. The summed E-state index contributed by atoms with van der Waals surface area (Å²) in [6.45, 7) is 1.63. The van der Waals surface area contributed by atoms with Crippen LogP contribution in [0, 0.1) is 0 Å². The van der Waals surface area contributed by atoms with Gasteiger partial charge in [-0.05, 0) is 19.1 Å². The molecule has 1 aromatic carbocycles. The van der Waals surface area contributed by atoms with Crippen molar-refractivity contribution in [2.24, 2.45) is 0 Å². The summed E-state index contributed by atoms with van der Waals surface area (Å²) in [4.78, 5) is 15.3. The van der Waals surface area contributed by atoms with Crippen molar-refractivity contribution in [3.8, 4) is 17.0 Å². The van der Waals surface area contributed by atoms with Gasteiger partial charge < -0.3 is 9.84 Å². The minimum atomic E-state index is -0.865. The molecule has 0 spiro atoms. The van der Waals surface area contributed by atoms with Gasteiger partial charge in [0.1, 0.15) is 16.7 Å². The highest BCUT2D eigenvalue weighted by atomic mass is 32.1. The molecule has 1 aromatic heterocycles. The molecule has 1 unspecified atom stereocenters. The van der Waals surface area contributed by atoms with Crippen LogP contribution >= 0.6 is 11.3 Å². The summed E-state index contributed by atoms with van der Waals surface area (Å²) in [6.07, 6.45) is 0. The third-order valence-electron chi connectivity index (χ3n) is 2.65. The van der Waals surface area contributed by atoms with Gasteiger partial charge >= 0.3 is 5.97 Å². The average molecular weight is 263 g/mol. The van der Waals surface area contributed by atoms with Crippen molar-refractivity contribution in [3.63, 3.8) is 0 Å². The smallest absolute Gasteiger partial charge is 0.313 e. The molecule has 5 heteroatoms. The number of carbonyl (C=O) groups is 1. The molecule has 18 heavy (non-hydrogen) atoms. The molecule has 0 amide bonds. The van der Waals surface area contributed by atoms with Crippen molar-refractivity contribution in [1.29, 1.82) is 0 Å². The summed E-state index contributed by atoms with van der Waals surface area (Å²) < 4.78 is 5.27. The van der Waals surface area contributed by atoms with Gasteiger partial charge in [-0.3, -0.25) is 4.79 Å². The maximum Gasteiger partial charge on any atom is 0.313 e. The Balaban J connectivity index is 2.38. The Bertz CT molecular complexity index is 565. The van der Waals surface area contributed by atoms with Crippen molar-refractivity contribution in [3.05, 3.63) is 34.7 Å². The highest BCUT2D eigenvalue weighted by molar-refractivity contribution is 7.10. The van der Waals surface area contributed by atoms with Crippen LogP contribution in [0.1, 0.15) is 17.8 Å². The van der Waals surface area contributed by atoms with Crippen LogP contribution in [0.4, 0.5) is 0 Å². The van der Waals surface area contributed by atoms with E-state index >= 15 is 0 Å². The van der Waals surface area contributed by atoms with E-state index in [-0.39, 0.29) is 0 Å². The van der Waals surface area contributed by atoms with Crippen LogP contribution in [0.3, 0.4) is 0 Å². The Kier molecular flexibility index (Phi) is 3.62. The molecule has 0 radical (unpaired) electrons. The molecule has 0 aliphatic carbocycles. The molecule has 0 fully saturated rings. The number of benzene rings is 1. The zero-order valence-electron chi connectivity index (χ0n) is 10.1. The number of carboxylic acid groups (broad SMARTS) is 1. The highest BCUT2D eigenvalue weighted by Gasteiger charge is 2.18. The fraction of sp³-hybridized carbons (Fsp3) is 0.231. The van der Waals surface area contributed by atoms with E-state index in [0.717, 1.165) is 17.0 Å². The first-order chi connectivity index (χ1) is 8.63. The lowest BCUT2D eigenvalue weighted by Crippen LogP contribution is -2.06. The first kappa shape index (κ1) is 12.6. The van der Waals surface area contributed by atoms with E-state index in [9.17, 15) is 4.79 Å². The van der Waals surface area contributed by atoms with E-state index < -0.39 is 11.9 Å². The van der Waals surface area contributed by atoms with E-state index in [1.54, 1.807) is 14.0 Å². The van der Waals surface area contributed by atoms with Gasteiger partial charge in [0.2, 0.25) is 0 Å². The van der Waals surface area contributed by atoms with Crippen molar-refractivity contribution < 1.29 is 14.6 Å². The van der Waals surface area contributed by atoms with Crippen molar-refractivity contribution in [2.75, 3.05) is 7.11 Å². The number of ether oxygens (including phenoxy) is 1. The fourth-order valence-electron chi connectivity index (χ4n) is 1.57. The summed E-state index contributed by atoms with van der Waals surface area (Å²) in [7, 11) is 1.60. The molecular formula is C13H13NO3S. The molecule has 4 nitrogen and oxygen atoms in total. The minimum absolute atomic E-state index is 0.585. The van der Waals surface area contributed by atoms with E-state index in [1.165, 1.54) is 11.3 Å². The van der Waals surface area contributed by atoms with Crippen LogP contribution in [-0.2, 0) is 4.79 Å². The molecule has 1 atom stereocenters. The van der Waals surface area contributed by atoms with Crippen molar-refractivity contribution in [1.82, 2.24) is 4.98 Å². The maximum absolute atomic E-state index is 10.9. The number of rotatable bonds is 4. The normalized spacial score (nSPS) is 12.1. The maximum atomic E-state index is 10.9. The molecule has 0 aliphatic rings. The summed E-state index contributed by atoms with van der Waals surface area (Å²) >= 11 is 1.35. The molecule has 0 saturated heterocycles. The van der Waals surface area contributed by atoms with Gasteiger partial charge in [-0.1, -0.05) is 12.1 Å². The lowest BCUT2D eigenvalue weighted by Gasteiger charge is -2.05. The Morgan fingerprint density at radius 2 is 2.17 bits per heavy atom. The second-order valence-corrected chi connectivity index (χ2v) is 4.72. The first-order valence-corrected chi connectivity index (χ1v) is 6.33. The van der Waals surface area contributed by atoms with Crippen LogP contribution in [-0.4, -0.2) is 23.2 Å². The lowest BCUT2D eigenvalue weighted by atomic mass is 10.1. The molecule has 1 N–H and O–H groups in total. The van der Waals surface area contributed by atoms with Crippen LogP contribution < -0.4 is 4.74 Å². The summed E-state index contributed by atoms with van der Waals surface area (Å²) in [5.74, 6) is -0.716. The number of hydrogen-bond acceptors (Lipinski definition) is 4. The molecular weight excluding hydrogens is 250 g/mol. The SMILES string of the molecule is COc1ccccc1-c1csc(C(C)C(=O)O)n1. The Morgan fingerprint density at radius 3 is 2.83 bits per heavy atom. The van der Waals surface area contributed by atoms with Gasteiger partial charge in [-0.15, -0.1) is 11.3 Å². The predicted octanol–water partition coefficient (Wildman–Crippen LogP) is 3.01. The van der Waals surface area contributed by atoms with Crippen LogP contribution in [0.5, 0.6) is 5.75 Å². The van der Waals surface area contributed by atoms with Gasteiger partial charge in [0.15, 0.2) is 0 Å². The van der Waals surface area contributed by atoms with E-state index in [0.29, 0.717) is 5.01 Å². The van der Waals surface area contributed by atoms with Gasteiger partial charge in [0.25, 0.3) is 0 Å². The molecule has 2 aromatic rings. The van der Waals surface area contributed by atoms with Crippen LogP contribution in [0.15, 0.2) is 29.6 Å². The quantitative estimate of drug-likeness (QED) is 0.921. The number of para-hydroxylation sites is 1. The Hall–Kier alpha value is -1.88. The molecule has 1 heterocycles. The van der Waals surface area contributed by atoms with E-state index in [1.807, 2.05) is 29.6 Å². The number of hydrogen-bond donors (Lipinski definition) is 1. The van der Waals surface area contributed by atoms with Crippen molar-refractivity contribution >= 4 is 17.3 Å². The number of methoxy groups -OCH3 is 1. The summed E-state index contributed by atoms with van der Waals surface area (Å²) in [5.41, 5.74) is 1.63. The van der Waals surface area contributed by atoms with Crippen LogP contribution in [0.25, 0.3) is 11.3 Å². The molecule has 2 rings (SSSR count). The summed E-state index contributed by atoms with van der Waals surface area (Å²) in [6, 6.07) is 7.55. The average Bonchev–Trinajstić information content (AvgIpc) is 2.87. The van der Waals surface area contributed by atoms with E-state index in [2.05, 4.69) is 4.98 Å². The topological polar surface area (TPSA) is 59.4 Å². The standard InChI is InChI=1S/C13H13NO3S/c1-8(13(15)16)12-14-10(7-18-12)9-5-3-4-6-11(9)17-2/h3-8H,1-2H3,(H,15,16). The summed E-state index contributed by atoms with van der Waals surface area (Å²) in [5, 5.41) is 11.4. The highest BCUT2D eigenvalue weighted by Crippen LogP contribution is 2.32. The molecule has 0 aliphatic heterocycles. The van der Waals surface area contributed by atoms with Gasteiger partial charge in [0.05, 0.1) is 12.8 Å². The number of carboxylic acids is 1. The second kappa shape index (κ2) is 5.18. The number of nitrogens with zero attached hydrogens (tertiary/aromatic N) is 1. The molecule has 0 saturated carbocycles. The molecule has 0 bridgehead atoms. The van der Waals surface area contributed by atoms with E-state index in [4.69, 9.17) is 9.84 Å². The lowest BCUT2D eigenvalue weighted by molar-refractivity contribution is -0.138. The first-order valence-electron chi connectivity index (χ1n) is 5.45. The minimum Gasteiger partial charge on any atom is -0.496 e. The van der Waals surface area contributed by atoms with Crippen LogP contribution in [0.2, 0.25) is 0 Å². The Labute approximate surface area is 109 Å².